The van der Waals surface area contributed by atoms with Crippen LogP contribution in [0.15, 0.2) is 77.7 Å². The first-order valence-corrected chi connectivity index (χ1v) is 8.75. The Balaban J connectivity index is 1.93. The molecule has 1 N–H and O–H groups in total. The SMILES string of the molecule is C=CCC1CCCNC1(c1ccccc1)c1cc2ccccc2o1. The van der Waals surface area contributed by atoms with Gasteiger partial charge in [0.15, 0.2) is 0 Å². The quantitative estimate of drug-likeness (QED) is 0.665. The van der Waals surface area contributed by atoms with E-state index in [4.69, 9.17) is 4.42 Å². The molecular weight excluding hydrogens is 294 g/mol. The summed E-state index contributed by atoms with van der Waals surface area (Å²) in [5.74, 6) is 1.45. The van der Waals surface area contributed by atoms with Crippen LogP contribution in [0.1, 0.15) is 30.6 Å². The third-order valence-corrected chi connectivity index (χ3v) is 5.24. The number of hydrogen-bond donors (Lipinski definition) is 1. The largest absolute Gasteiger partial charge is 0.459 e. The summed E-state index contributed by atoms with van der Waals surface area (Å²) in [6, 6.07) is 21.2. The van der Waals surface area contributed by atoms with E-state index < -0.39 is 0 Å². The zero-order chi connectivity index (χ0) is 16.4. The third kappa shape index (κ3) is 2.38. The van der Waals surface area contributed by atoms with Crippen LogP contribution in [0.4, 0.5) is 0 Å². The molecule has 0 amide bonds. The highest BCUT2D eigenvalue weighted by Gasteiger charge is 2.45. The van der Waals surface area contributed by atoms with Gasteiger partial charge in [-0.25, -0.2) is 0 Å². The van der Waals surface area contributed by atoms with E-state index in [1.165, 1.54) is 18.4 Å². The average Bonchev–Trinajstić information content (AvgIpc) is 3.08. The summed E-state index contributed by atoms with van der Waals surface area (Å²) in [6.45, 7) is 4.99. The molecule has 2 unspecified atom stereocenters. The number of piperidine rings is 1. The molecule has 24 heavy (non-hydrogen) atoms. The Hall–Kier alpha value is -2.32. The lowest BCUT2D eigenvalue weighted by molar-refractivity contribution is 0.172. The standard InChI is InChI=1S/C22H23NO/c1-2-9-18-13-8-15-23-22(18,19-11-4-3-5-12-19)21-16-17-10-6-7-14-20(17)24-21/h2-7,10-12,14,16,18,23H,1,8-9,13,15H2. The Morgan fingerprint density at radius 1 is 1.12 bits per heavy atom. The van der Waals surface area contributed by atoms with Crippen molar-refractivity contribution in [2.45, 2.75) is 24.8 Å². The molecule has 4 rings (SSSR count). The molecule has 0 aliphatic carbocycles. The van der Waals surface area contributed by atoms with Gasteiger partial charge in [0.25, 0.3) is 0 Å². The number of allylic oxidation sites excluding steroid dienone is 1. The Bertz CT molecular complexity index is 802. The molecular formula is C22H23NO. The molecule has 1 fully saturated rings. The topological polar surface area (TPSA) is 25.2 Å². The molecule has 2 nitrogen and oxygen atoms in total. The Labute approximate surface area is 143 Å². The smallest absolute Gasteiger partial charge is 0.134 e. The van der Waals surface area contributed by atoms with Crippen LogP contribution in [0.5, 0.6) is 0 Å². The van der Waals surface area contributed by atoms with Gasteiger partial charge in [-0.2, -0.15) is 0 Å². The van der Waals surface area contributed by atoms with Crippen molar-refractivity contribution < 1.29 is 4.42 Å². The minimum absolute atomic E-state index is 0.285. The molecule has 0 spiro atoms. The number of nitrogens with one attached hydrogen (secondary N) is 1. The zero-order valence-electron chi connectivity index (χ0n) is 13.9. The van der Waals surface area contributed by atoms with Gasteiger partial charge in [-0.3, -0.25) is 0 Å². The van der Waals surface area contributed by atoms with E-state index in [0.717, 1.165) is 29.7 Å². The summed E-state index contributed by atoms with van der Waals surface area (Å²) in [7, 11) is 0. The Morgan fingerprint density at radius 3 is 2.71 bits per heavy atom. The van der Waals surface area contributed by atoms with Gasteiger partial charge in [0, 0.05) is 5.39 Å². The normalized spacial score (nSPS) is 24.1. The number of fused-ring (bicyclic) bond motifs is 1. The van der Waals surface area contributed by atoms with Gasteiger partial charge >= 0.3 is 0 Å². The average molecular weight is 317 g/mol. The maximum atomic E-state index is 6.35. The molecule has 0 radical (unpaired) electrons. The third-order valence-electron chi connectivity index (χ3n) is 5.24. The van der Waals surface area contributed by atoms with Crippen molar-refractivity contribution in [2.75, 3.05) is 6.54 Å². The minimum atomic E-state index is -0.285. The fourth-order valence-electron chi connectivity index (χ4n) is 4.14. The first-order valence-electron chi connectivity index (χ1n) is 8.75. The lowest BCUT2D eigenvalue weighted by Crippen LogP contribution is -2.52. The van der Waals surface area contributed by atoms with Crippen LogP contribution in [-0.2, 0) is 5.54 Å². The van der Waals surface area contributed by atoms with Gasteiger partial charge in [0.05, 0.1) is 0 Å². The predicted molar refractivity (Wildman–Crippen MR) is 99.0 cm³/mol. The minimum Gasteiger partial charge on any atom is -0.459 e. The molecule has 0 bridgehead atoms. The van der Waals surface area contributed by atoms with Crippen molar-refractivity contribution in [1.29, 1.82) is 0 Å². The fraction of sp³-hybridized carbons (Fsp3) is 0.273. The van der Waals surface area contributed by atoms with Gasteiger partial charge in [-0.15, -0.1) is 6.58 Å². The highest BCUT2D eigenvalue weighted by atomic mass is 16.3. The van der Waals surface area contributed by atoms with Gasteiger partial charge in [0.2, 0.25) is 0 Å². The molecule has 2 aromatic carbocycles. The number of benzene rings is 2. The summed E-state index contributed by atoms with van der Waals surface area (Å²) in [5.41, 5.74) is 1.94. The van der Waals surface area contributed by atoms with Gasteiger partial charge < -0.3 is 9.73 Å². The van der Waals surface area contributed by atoms with Crippen LogP contribution >= 0.6 is 0 Å². The van der Waals surface area contributed by atoms with Crippen molar-refractivity contribution in [2.24, 2.45) is 5.92 Å². The van der Waals surface area contributed by atoms with Gasteiger partial charge in [0.1, 0.15) is 16.9 Å². The molecule has 2 heteroatoms. The molecule has 1 aromatic heterocycles. The van der Waals surface area contributed by atoms with E-state index in [1.807, 2.05) is 18.2 Å². The molecule has 2 atom stereocenters. The van der Waals surface area contributed by atoms with Crippen LogP contribution < -0.4 is 5.32 Å². The highest BCUT2D eigenvalue weighted by Crippen LogP contribution is 2.44. The Kier molecular flexibility index (Phi) is 3.99. The van der Waals surface area contributed by atoms with Crippen molar-refractivity contribution in [3.63, 3.8) is 0 Å². The molecule has 3 aromatic rings. The molecule has 2 heterocycles. The second kappa shape index (κ2) is 6.29. The summed E-state index contributed by atoms with van der Waals surface area (Å²) < 4.78 is 6.35. The fourth-order valence-corrected chi connectivity index (χ4v) is 4.14. The summed E-state index contributed by atoms with van der Waals surface area (Å²) in [5, 5.41) is 4.98. The van der Waals surface area contributed by atoms with Gasteiger partial charge in [-0.1, -0.05) is 54.6 Å². The lowest BCUT2D eigenvalue weighted by atomic mass is 9.70. The van der Waals surface area contributed by atoms with Crippen LogP contribution in [0.25, 0.3) is 11.0 Å². The van der Waals surface area contributed by atoms with Crippen LogP contribution in [0, 0.1) is 5.92 Å². The van der Waals surface area contributed by atoms with Crippen molar-refractivity contribution in [1.82, 2.24) is 5.32 Å². The number of furan rings is 1. The second-order valence-corrected chi connectivity index (χ2v) is 6.61. The summed E-state index contributed by atoms with van der Waals surface area (Å²) in [6.07, 6.45) is 5.37. The Morgan fingerprint density at radius 2 is 1.92 bits per heavy atom. The van der Waals surface area contributed by atoms with Crippen molar-refractivity contribution in [3.8, 4) is 0 Å². The van der Waals surface area contributed by atoms with Crippen molar-refractivity contribution >= 4 is 11.0 Å². The van der Waals surface area contributed by atoms with Crippen LogP contribution in [-0.4, -0.2) is 6.54 Å². The van der Waals surface area contributed by atoms with E-state index in [-0.39, 0.29) is 5.54 Å². The number of rotatable bonds is 4. The molecule has 1 aliphatic rings. The van der Waals surface area contributed by atoms with Crippen LogP contribution in [0.3, 0.4) is 0 Å². The van der Waals surface area contributed by atoms with E-state index in [9.17, 15) is 0 Å². The molecule has 1 aliphatic heterocycles. The van der Waals surface area contributed by atoms with Crippen molar-refractivity contribution in [3.05, 3.63) is 84.6 Å². The first-order chi connectivity index (χ1) is 11.8. The highest BCUT2D eigenvalue weighted by molar-refractivity contribution is 5.78. The zero-order valence-corrected chi connectivity index (χ0v) is 13.9. The van der Waals surface area contributed by atoms with Gasteiger partial charge in [-0.05, 0) is 49.4 Å². The lowest BCUT2D eigenvalue weighted by Gasteiger charge is -2.44. The van der Waals surface area contributed by atoms with E-state index in [0.29, 0.717) is 5.92 Å². The first kappa shape index (κ1) is 15.2. The molecule has 122 valence electrons. The molecule has 1 saturated heterocycles. The second-order valence-electron chi connectivity index (χ2n) is 6.61. The maximum Gasteiger partial charge on any atom is 0.134 e. The van der Waals surface area contributed by atoms with E-state index >= 15 is 0 Å². The number of para-hydroxylation sites is 1. The maximum absolute atomic E-state index is 6.35. The summed E-state index contributed by atoms with van der Waals surface area (Å²) >= 11 is 0. The number of hydrogen-bond acceptors (Lipinski definition) is 2. The van der Waals surface area contributed by atoms with Crippen LogP contribution in [0.2, 0.25) is 0 Å². The molecule has 0 saturated carbocycles. The van der Waals surface area contributed by atoms with E-state index in [1.54, 1.807) is 0 Å². The summed E-state index contributed by atoms with van der Waals surface area (Å²) in [4.78, 5) is 0. The monoisotopic (exact) mass is 317 g/mol. The van der Waals surface area contributed by atoms with E-state index in [2.05, 4.69) is 60.4 Å². The predicted octanol–water partition coefficient (Wildman–Crippen LogP) is 5.25.